The number of rotatable bonds is 6. The van der Waals surface area contributed by atoms with Crippen LogP contribution >= 0.6 is 0 Å². The maximum Gasteiger partial charge on any atom is 0.260 e. The van der Waals surface area contributed by atoms with Gasteiger partial charge in [-0.25, -0.2) is 4.39 Å². The molecular weight excluding hydrogens is 359 g/mol. The third-order valence-corrected chi connectivity index (χ3v) is 5.35. The van der Waals surface area contributed by atoms with Crippen molar-refractivity contribution in [3.8, 4) is 11.5 Å². The van der Waals surface area contributed by atoms with E-state index in [2.05, 4.69) is 0 Å². The molecule has 0 radical (unpaired) electrons. The second kappa shape index (κ2) is 9.06. The Morgan fingerprint density at radius 2 is 1.86 bits per heavy atom. The summed E-state index contributed by atoms with van der Waals surface area (Å²) in [5.74, 6) is 1.17. The summed E-state index contributed by atoms with van der Waals surface area (Å²) in [5, 5.41) is 0. The van der Waals surface area contributed by atoms with Gasteiger partial charge in [0.1, 0.15) is 23.9 Å². The van der Waals surface area contributed by atoms with Crippen molar-refractivity contribution in [3.63, 3.8) is 0 Å². The molecule has 1 N–H and O–H groups in total. The number of hydrogen-bond acceptors (Lipinski definition) is 3. The number of benzene rings is 2. The van der Waals surface area contributed by atoms with Crippen LogP contribution in [0.2, 0.25) is 0 Å². The van der Waals surface area contributed by atoms with Gasteiger partial charge in [-0.3, -0.25) is 4.79 Å². The van der Waals surface area contributed by atoms with Gasteiger partial charge in [0.25, 0.3) is 5.91 Å². The molecule has 1 fully saturated rings. The molecule has 0 bridgehead atoms. The lowest BCUT2D eigenvalue weighted by Crippen LogP contribution is -3.13. The molecule has 6 heteroatoms. The van der Waals surface area contributed by atoms with Crippen LogP contribution in [0.3, 0.4) is 0 Å². The number of aryl methyl sites for hydroxylation is 2. The SMILES string of the molecule is COc1ccc(F)cc1C[NH+]1CCN(C(=O)COc2ccc(C)c(C)c2)CC1. The molecule has 2 aromatic rings. The van der Waals surface area contributed by atoms with Gasteiger partial charge in [-0.15, -0.1) is 0 Å². The predicted molar refractivity (Wildman–Crippen MR) is 105 cm³/mol. The number of amides is 1. The molecule has 1 amide bonds. The van der Waals surface area contributed by atoms with Crippen LogP contribution in [0.5, 0.6) is 11.5 Å². The molecule has 2 aromatic carbocycles. The number of carbonyl (C=O) groups is 1. The molecule has 0 atom stereocenters. The minimum absolute atomic E-state index is 0.000569. The van der Waals surface area contributed by atoms with Gasteiger partial charge >= 0.3 is 0 Å². The zero-order valence-corrected chi connectivity index (χ0v) is 16.8. The molecule has 0 saturated carbocycles. The molecule has 3 rings (SSSR count). The fourth-order valence-electron chi connectivity index (χ4n) is 3.44. The third-order valence-electron chi connectivity index (χ3n) is 5.35. The van der Waals surface area contributed by atoms with E-state index in [1.165, 1.54) is 22.6 Å². The summed E-state index contributed by atoms with van der Waals surface area (Å²) in [4.78, 5) is 15.6. The van der Waals surface area contributed by atoms with E-state index >= 15 is 0 Å². The van der Waals surface area contributed by atoms with Gasteiger partial charge in [0.2, 0.25) is 0 Å². The lowest BCUT2D eigenvalue weighted by atomic mass is 10.1. The molecule has 0 spiro atoms. The Labute approximate surface area is 165 Å². The first-order valence-corrected chi connectivity index (χ1v) is 9.60. The van der Waals surface area contributed by atoms with Gasteiger partial charge in [-0.1, -0.05) is 6.07 Å². The first-order chi connectivity index (χ1) is 13.5. The van der Waals surface area contributed by atoms with Crippen LogP contribution in [-0.4, -0.2) is 50.7 Å². The highest BCUT2D eigenvalue weighted by Gasteiger charge is 2.25. The highest BCUT2D eigenvalue weighted by atomic mass is 19.1. The molecule has 5 nitrogen and oxygen atoms in total. The topological polar surface area (TPSA) is 43.2 Å². The van der Waals surface area contributed by atoms with Gasteiger partial charge in [0, 0.05) is 0 Å². The van der Waals surface area contributed by atoms with Gasteiger partial charge in [-0.2, -0.15) is 0 Å². The quantitative estimate of drug-likeness (QED) is 0.822. The highest BCUT2D eigenvalue weighted by Crippen LogP contribution is 2.18. The zero-order chi connectivity index (χ0) is 20.1. The Bertz CT molecular complexity index is 833. The van der Waals surface area contributed by atoms with Crippen LogP contribution in [0, 0.1) is 19.7 Å². The van der Waals surface area contributed by atoms with Gasteiger partial charge < -0.3 is 19.3 Å². The first-order valence-electron chi connectivity index (χ1n) is 9.60. The van der Waals surface area contributed by atoms with E-state index in [4.69, 9.17) is 9.47 Å². The predicted octanol–water partition coefficient (Wildman–Crippen LogP) is 1.76. The van der Waals surface area contributed by atoms with Crippen molar-refractivity contribution < 1.29 is 23.6 Å². The fraction of sp³-hybridized carbons (Fsp3) is 0.409. The summed E-state index contributed by atoms with van der Waals surface area (Å²) in [6.45, 7) is 7.77. The molecular formula is C22H28FN2O3+. The van der Waals surface area contributed by atoms with E-state index < -0.39 is 0 Å². The molecule has 1 saturated heterocycles. The Kier molecular flexibility index (Phi) is 6.52. The molecule has 0 aromatic heterocycles. The summed E-state index contributed by atoms with van der Waals surface area (Å²) < 4.78 is 24.5. The Morgan fingerprint density at radius 3 is 2.54 bits per heavy atom. The lowest BCUT2D eigenvalue weighted by Gasteiger charge is -2.32. The van der Waals surface area contributed by atoms with Crippen molar-refractivity contribution in [2.75, 3.05) is 39.9 Å². The average molecular weight is 387 g/mol. The molecule has 1 aliphatic rings. The van der Waals surface area contributed by atoms with Crippen LogP contribution in [0.1, 0.15) is 16.7 Å². The van der Waals surface area contributed by atoms with Crippen molar-refractivity contribution in [3.05, 3.63) is 58.9 Å². The fourth-order valence-corrected chi connectivity index (χ4v) is 3.44. The maximum absolute atomic E-state index is 13.5. The Morgan fingerprint density at radius 1 is 1.11 bits per heavy atom. The van der Waals surface area contributed by atoms with E-state index in [1.54, 1.807) is 13.2 Å². The summed E-state index contributed by atoms with van der Waals surface area (Å²) in [5.41, 5.74) is 3.21. The number of nitrogens with one attached hydrogen (secondary N) is 1. The summed E-state index contributed by atoms with van der Waals surface area (Å²) in [6, 6.07) is 10.4. The van der Waals surface area contributed by atoms with Crippen molar-refractivity contribution in [2.24, 2.45) is 0 Å². The van der Waals surface area contributed by atoms with Crippen LogP contribution < -0.4 is 14.4 Å². The molecule has 0 aliphatic carbocycles. The Balaban J connectivity index is 1.48. The van der Waals surface area contributed by atoms with E-state index in [0.717, 1.165) is 30.0 Å². The van der Waals surface area contributed by atoms with Crippen molar-refractivity contribution in [1.82, 2.24) is 4.90 Å². The summed E-state index contributed by atoms with van der Waals surface area (Å²) >= 11 is 0. The average Bonchev–Trinajstić information content (AvgIpc) is 2.69. The lowest BCUT2D eigenvalue weighted by molar-refractivity contribution is -0.917. The highest BCUT2D eigenvalue weighted by molar-refractivity contribution is 5.77. The molecule has 28 heavy (non-hydrogen) atoms. The van der Waals surface area contributed by atoms with Crippen molar-refractivity contribution >= 4 is 5.91 Å². The minimum atomic E-state index is -0.257. The largest absolute Gasteiger partial charge is 0.496 e. The number of nitrogens with zero attached hydrogens (tertiary/aromatic N) is 1. The zero-order valence-electron chi connectivity index (χ0n) is 16.8. The number of halogens is 1. The standard InChI is InChI=1S/C22H27FN2O3/c1-16-4-6-20(12-17(16)2)28-15-22(26)25-10-8-24(9-11-25)14-18-13-19(23)5-7-21(18)27-3/h4-7,12-13H,8-11,14-15H2,1-3H3/p+1. The number of quaternary nitrogens is 1. The Hall–Kier alpha value is -2.60. The van der Waals surface area contributed by atoms with E-state index in [0.29, 0.717) is 25.4 Å². The van der Waals surface area contributed by atoms with Crippen molar-refractivity contribution in [2.45, 2.75) is 20.4 Å². The normalized spacial score (nSPS) is 14.8. The van der Waals surface area contributed by atoms with Crippen LogP contribution in [0.25, 0.3) is 0 Å². The second-order valence-electron chi connectivity index (χ2n) is 7.30. The monoisotopic (exact) mass is 387 g/mol. The third kappa shape index (κ3) is 5.01. The van der Waals surface area contributed by atoms with E-state index in [1.807, 2.05) is 36.9 Å². The summed E-state index contributed by atoms with van der Waals surface area (Å²) in [6.07, 6.45) is 0. The molecule has 150 valence electrons. The molecule has 1 aliphatic heterocycles. The molecule has 1 heterocycles. The van der Waals surface area contributed by atoms with Crippen LogP contribution in [0.4, 0.5) is 4.39 Å². The van der Waals surface area contributed by atoms with Gasteiger partial charge in [0.15, 0.2) is 6.61 Å². The van der Waals surface area contributed by atoms with E-state index in [-0.39, 0.29) is 18.3 Å². The smallest absolute Gasteiger partial charge is 0.260 e. The number of carbonyl (C=O) groups excluding carboxylic acids is 1. The number of piperazine rings is 1. The van der Waals surface area contributed by atoms with E-state index in [9.17, 15) is 9.18 Å². The second-order valence-corrected chi connectivity index (χ2v) is 7.30. The molecule has 0 unspecified atom stereocenters. The van der Waals surface area contributed by atoms with Crippen LogP contribution in [0.15, 0.2) is 36.4 Å². The maximum atomic E-state index is 13.5. The number of hydrogen-bond donors (Lipinski definition) is 1. The van der Waals surface area contributed by atoms with Crippen molar-refractivity contribution in [1.29, 1.82) is 0 Å². The van der Waals surface area contributed by atoms with Gasteiger partial charge in [-0.05, 0) is 55.3 Å². The summed E-state index contributed by atoms with van der Waals surface area (Å²) in [7, 11) is 1.60. The number of methoxy groups -OCH3 is 1. The first kappa shape index (κ1) is 20.1. The minimum Gasteiger partial charge on any atom is -0.496 e. The van der Waals surface area contributed by atoms with Gasteiger partial charge in [0.05, 0.1) is 38.9 Å². The number of ether oxygens (including phenoxy) is 2. The van der Waals surface area contributed by atoms with Crippen LogP contribution in [-0.2, 0) is 11.3 Å².